The van der Waals surface area contributed by atoms with Crippen LogP contribution in [0.15, 0.2) is 24.0 Å². The standard InChI is InChI=1S/C9H14N2O/c1-10(2)9(12)8-5-4-6-11(3)7-8/h4,6-7H,5H2,1-3H3. The van der Waals surface area contributed by atoms with Gasteiger partial charge in [-0.05, 0) is 12.6 Å². The second-order valence-corrected chi connectivity index (χ2v) is 3.11. The van der Waals surface area contributed by atoms with E-state index in [4.69, 9.17) is 0 Å². The Morgan fingerprint density at radius 3 is 2.75 bits per heavy atom. The topological polar surface area (TPSA) is 23.6 Å². The number of amides is 1. The molecule has 0 N–H and O–H groups in total. The predicted molar refractivity (Wildman–Crippen MR) is 48.3 cm³/mol. The molecule has 1 aliphatic heterocycles. The number of hydrogen-bond acceptors (Lipinski definition) is 2. The number of carbonyl (C=O) groups is 1. The minimum atomic E-state index is 0.0891. The summed E-state index contributed by atoms with van der Waals surface area (Å²) >= 11 is 0. The van der Waals surface area contributed by atoms with Gasteiger partial charge in [0, 0.05) is 32.9 Å². The van der Waals surface area contributed by atoms with E-state index in [0.29, 0.717) is 0 Å². The lowest BCUT2D eigenvalue weighted by molar-refractivity contribution is -0.124. The quantitative estimate of drug-likeness (QED) is 0.575. The van der Waals surface area contributed by atoms with Crippen molar-refractivity contribution in [2.24, 2.45) is 0 Å². The van der Waals surface area contributed by atoms with Crippen molar-refractivity contribution in [1.82, 2.24) is 9.80 Å². The molecular weight excluding hydrogens is 152 g/mol. The van der Waals surface area contributed by atoms with Crippen molar-refractivity contribution in [3.63, 3.8) is 0 Å². The van der Waals surface area contributed by atoms with E-state index < -0.39 is 0 Å². The molecular formula is C9H14N2O. The summed E-state index contributed by atoms with van der Waals surface area (Å²) in [4.78, 5) is 14.9. The lowest BCUT2D eigenvalue weighted by Gasteiger charge is -2.18. The molecule has 66 valence electrons. The predicted octanol–water partition coefficient (Wildman–Crippen LogP) is 0.808. The highest BCUT2D eigenvalue weighted by molar-refractivity contribution is 5.93. The number of allylic oxidation sites excluding steroid dienone is 1. The Balaban J connectivity index is 2.70. The van der Waals surface area contributed by atoms with Crippen molar-refractivity contribution >= 4 is 5.91 Å². The fourth-order valence-corrected chi connectivity index (χ4v) is 1.12. The Hall–Kier alpha value is -1.25. The zero-order valence-electron chi connectivity index (χ0n) is 7.74. The number of likely N-dealkylation sites (N-methyl/N-ethyl adjacent to an activating group) is 1. The molecule has 3 heteroatoms. The Labute approximate surface area is 73.0 Å². The van der Waals surface area contributed by atoms with Crippen LogP contribution in [0.5, 0.6) is 0 Å². The van der Waals surface area contributed by atoms with Crippen LogP contribution in [0.3, 0.4) is 0 Å². The summed E-state index contributed by atoms with van der Waals surface area (Å²) in [5.74, 6) is 0.0891. The average molecular weight is 166 g/mol. The first-order chi connectivity index (χ1) is 5.61. The van der Waals surface area contributed by atoms with E-state index in [9.17, 15) is 4.79 Å². The van der Waals surface area contributed by atoms with Gasteiger partial charge in [-0.25, -0.2) is 0 Å². The van der Waals surface area contributed by atoms with Crippen LogP contribution in [0.2, 0.25) is 0 Å². The summed E-state index contributed by atoms with van der Waals surface area (Å²) < 4.78 is 0. The highest BCUT2D eigenvalue weighted by atomic mass is 16.2. The fourth-order valence-electron chi connectivity index (χ4n) is 1.12. The fraction of sp³-hybridized carbons (Fsp3) is 0.444. The lowest BCUT2D eigenvalue weighted by atomic mass is 10.1. The second-order valence-electron chi connectivity index (χ2n) is 3.11. The van der Waals surface area contributed by atoms with Gasteiger partial charge in [-0.2, -0.15) is 0 Å². The van der Waals surface area contributed by atoms with Gasteiger partial charge in [0.1, 0.15) is 0 Å². The maximum Gasteiger partial charge on any atom is 0.251 e. The van der Waals surface area contributed by atoms with Gasteiger partial charge in [0.2, 0.25) is 0 Å². The number of carbonyl (C=O) groups excluding carboxylic acids is 1. The third-order valence-electron chi connectivity index (χ3n) is 1.72. The van der Waals surface area contributed by atoms with Crippen molar-refractivity contribution in [1.29, 1.82) is 0 Å². The van der Waals surface area contributed by atoms with Gasteiger partial charge in [-0.3, -0.25) is 4.79 Å². The van der Waals surface area contributed by atoms with Crippen LogP contribution < -0.4 is 0 Å². The monoisotopic (exact) mass is 166 g/mol. The van der Waals surface area contributed by atoms with Crippen LogP contribution in [0, 0.1) is 0 Å². The first-order valence-corrected chi connectivity index (χ1v) is 3.92. The summed E-state index contributed by atoms with van der Waals surface area (Å²) in [7, 11) is 5.45. The molecule has 0 aromatic heterocycles. The summed E-state index contributed by atoms with van der Waals surface area (Å²) in [6, 6.07) is 0. The molecule has 1 amide bonds. The molecule has 0 aromatic carbocycles. The van der Waals surface area contributed by atoms with Crippen molar-refractivity contribution in [2.75, 3.05) is 21.1 Å². The zero-order chi connectivity index (χ0) is 9.14. The molecule has 0 aromatic rings. The van der Waals surface area contributed by atoms with Crippen molar-refractivity contribution in [3.05, 3.63) is 24.0 Å². The Morgan fingerprint density at radius 2 is 2.25 bits per heavy atom. The molecule has 1 heterocycles. The highest BCUT2D eigenvalue weighted by Crippen LogP contribution is 2.11. The largest absolute Gasteiger partial charge is 0.357 e. The third kappa shape index (κ3) is 1.87. The Morgan fingerprint density at radius 1 is 1.58 bits per heavy atom. The summed E-state index contributed by atoms with van der Waals surface area (Å²) in [6.07, 6.45) is 6.53. The molecule has 0 atom stereocenters. The van der Waals surface area contributed by atoms with Crippen LogP contribution in [0.4, 0.5) is 0 Å². The molecule has 0 radical (unpaired) electrons. The zero-order valence-corrected chi connectivity index (χ0v) is 7.74. The van der Waals surface area contributed by atoms with Gasteiger partial charge in [0.15, 0.2) is 0 Å². The van der Waals surface area contributed by atoms with Crippen molar-refractivity contribution in [2.45, 2.75) is 6.42 Å². The number of hydrogen-bond donors (Lipinski definition) is 0. The molecule has 1 aliphatic rings. The Kier molecular flexibility index (Phi) is 2.53. The molecule has 1 rings (SSSR count). The second kappa shape index (κ2) is 3.43. The first-order valence-electron chi connectivity index (χ1n) is 3.92. The molecule has 0 saturated heterocycles. The molecule has 0 bridgehead atoms. The van der Waals surface area contributed by atoms with Gasteiger partial charge in [-0.15, -0.1) is 0 Å². The van der Waals surface area contributed by atoms with Crippen LogP contribution in [-0.2, 0) is 4.79 Å². The summed E-state index contributed by atoms with van der Waals surface area (Å²) in [5.41, 5.74) is 0.838. The van der Waals surface area contributed by atoms with Crippen LogP contribution in [0.1, 0.15) is 6.42 Å². The van der Waals surface area contributed by atoms with Crippen molar-refractivity contribution < 1.29 is 4.79 Å². The van der Waals surface area contributed by atoms with E-state index in [0.717, 1.165) is 12.0 Å². The van der Waals surface area contributed by atoms with E-state index >= 15 is 0 Å². The third-order valence-corrected chi connectivity index (χ3v) is 1.72. The lowest BCUT2D eigenvalue weighted by Crippen LogP contribution is -2.25. The van der Waals surface area contributed by atoms with Gasteiger partial charge in [-0.1, -0.05) is 6.08 Å². The number of rotatable bonds is 1. The molecule has 0 unspecified atom stereocenters. The maximum atomic E-state index is 11.4. The van der Waals surface area contributed by atoms with E-state index in [-0.39, 0.29) is 5.91 Å². The first kappa shape index (κ1) is 8.84. The van der Waals surface area contributed by atoms with E-state index in [1.807, 2.05) is 30.4 Å². The maximum absolute atomic E-state index is 11.4. The Bertz CT molecular complexity index is 241. The van der Waals surface area contributed by atoms with E-state index in [1.165, 1.54) is 0 Å². The van der Waals surface area contributed by atoms with Crippen LogP contribution in [0.25, 0.3) is 0 Å². The van der Waals surface area contributed by atoms with Crippen LogP contribution in [-0.4, -0.2) is 36.9 Å². The molecule has 0 spiro atoms. The highest BCUT2D eigenvalue weighted by Gasteiger charge is 2.12. The molecule has 12 heavy (non-hydrogen) atoms. The van der Waals surface area contributed by atoms with Gasteiger partial charge < -0.3 is 9.80 Å². The van der Waals surface area contributed by atoms with Gasteiger partial charge in [0.05, 0.1) is 0 Å². The SMILES string of the molecule is CN1C=CCC(C(=O)N(C)C)=C1. The molecule has 0 saturated carbocycles. The van der Waals surface area contributed by atoms with E-state index in [1.54, 1.807) is 19.0 Å². The van der Waals surface area contributed by atoms with Gasteiger partial charge in [0.25, 0.3) is 5.91 Å². The summed E-state index contributed by atoms with van der Waals surface area (Å²) in [6.45, 7) is 0. The van der Waals surface area contributed by atoms with Gasteiger partial charge >= 0.3 is 0 Å². The molecule has 0 aliphatic carbocycles. The molecule has 0 fully saturated rings. The minimum Gasteiger partial charge on any atom is -0.357 e. The summed E-state index contributed by atoms with van der Waals surface area (Å²) in [5, 5.41) is 0. The average Bonchev–Trinajstić information content (AvgIpc) is 2.03. The smallest absolute Gasteiger partial charge is 0.251 e. The normalized spacial score (nSPS) is 15.9. The number of nitrogens with zero attached hydrogens (tertiary/aromatic N) is 2. The molecule has 3 nitrogen and oxygen atoms in total. The van der Waals surface area contributed by atoms with Crippen molar-refractivity contribution in [3.8, 4) is 0 Å². The van der Waals surface area contributed by atoms with E-state index in [2.05, 4.69) is 0 Å². The van der Waals surface area contributed by atoms with Crippen LogP contribution >= 0.6 is 0 Å². The minimum absolute atomic E-state index is 0.0891.